The number of hydrogen-bond acceptors (Lipinski definition) is 7. The molecule has 0 bridgehead atoms. The molecule has 0 amide bonds. The van der Waals surface area contributed by atoms with E-state index in [9.17, 15) is 17.5 Å². The van der Waals surface area contributed by atoms with E-state index in [1.54, 1.807) is 36.5 Å². The van der Waals surface area contributed by atoms with Crippen molar-refractivity contribution >= 4 is 17.1 Å². The van der Waals surface area contributed by atoms with Crippen LogP contribution in [0.2, 0.25) is 0 Å². The van der Waals surface area contributed by atoms with E-state index < -0.39 is 22.9 Å². The predicted octanol–water partition coefficient (Wildman–Crippen LogP) is 2.14. The summed E-state index contributed by atoms with van der Waals surface area (Å²) in [5, 5.41) is 11.2. The standard InChI is InChI=1S/C19H15F2N7O2S/c20-15-2-1-3-16(17(15)21)28-19(25-26-27-28)14-8-13(10-23-18(14)22)12-6-4-11(5-7-12)9-24-31(29)30/h1-8,10,24H,9H2,(H2,22,23)(H,29,30)/p-1. The molecule has 0 saturated heterocycles. The van der Waals surface area contributed by atoms with Crippen LogP contribution in [0.3, 0.4) is 0 Å². The zero-order chi connectivity index (χ0) is 22.0. The molecule has 1 atom stereocenters. The van der Waals surface area contributed by atoms with Crippen LogP contribution in [-0.2, 0) is 17.8 Å². The Morgan fingerprint density at radius 2 is 1.90 bits per heavy atom. The molecule has 0 radical (unpaired) electrons. The molecule has 2 aromatic heterocycles. The fourth-order valence-electron chi connectivity index (χ4n) is 2.94. The summed E-state index contributed by atoms with van der Waals surface area (Å²) in [6.45, 7) is 0.162. The van der Waals surface area contributed by atoms with Crippen molar-refractivity contribution in [2.75, 3.05) is 5.73 Å². The van der Waals surface area contributed by atoms with Crippen molar-refractivity contribution in [1.82, 2.24) is 29.9 Å². The summed E-state index contributed by atoms with van der Waals surface area (Å²) >= 11 is -2.35. The second-order valence-corrected chi connectivity index (χ2v) is 7.15. The van der Waals surface area contributed by atoms with Gasteiger partial charge < -0.3 is 10.3 Å². The van der Waals surface area contributed by atoms with Gasteiger partial charge in [0.15, 0.2) is 17.5 Å². The topological polar surface area (TPSA) is 135 Å². The summed E-state index contributed by atoms with van der Waals surface area (Å²) in [6, 6.07) is 12.5. The van der Waals surface area contributed by atoms with Crippen LogP contribution in [0.5, 0.6) is 0 Å². The molecule has 31 heavy (non-hydrogen) atoms. The van der Waals surface area contributed by atoms with Crippen molar-refractivity contribution in [3.63, 3.8) is 0 Å². The molecule has 0 fully saturated rings. The summed E-state index contributed by atoms with van der Waals surface area (Å²) in [6.07, 6.45) is 1.55. The zero-order valence-electron chi connectivity index (χ0n) is 15.7. The van der Waals surface area contributed by atoms with Crippen molar-refractivity contribution in [2.24, 2.45) is 0 Å². The van der Waals surface area contributed by atoms with Gasteiger partial charge in [0.2, 0.25) is 0 Å². The SMILES string of the molecule is Nc1ncc(-c2ccc(CNS(=O)[O-])cc2)cc1-c1nnnn1-c1cccc(F)c1F. The van der Waals surface area contributed by atoms with Gasteiger partial charge in [-0.25, -0.2) is 18.5 Å². The van der Waals surface area contributed by atoms with E-state index in [1.807, 2.05) is 0 Å². The number of aromatic nitrogens is 5. The highest BCUT2D eigenvalue weighted by Crippen LogP contribution is 2.30. The lowest BCUT2D eigenvalue weighted by Crippen LogP contribution is -2.15. The van der Waals surface area contributed by atoms with Crippen LogP contribution in [0.4, 0.5) is 14.6 Å². The van der Waals surface area contributed by atoms with Crippen LogP contribution in [0, 0.1) is 11.6 Å². The van der Waals surface area contributed by atoms with Gasteiger partial charge in [-0.3, -0.25) is 4.21 Å². The van der Waals surface area contributed by atoms with E-state index >= 15 is 0 Å². The van der Waals surface area contributed by atoms with Crippen LogP contribution < -0.4 is 10.5 Å². The number of hydrogen-bond donors (Lipinski definition) is 2. The minimum Gasteiger partial charge on any atom is -0.760 e. The number of anilines is 1. The molecule has 4 aromatic rings. The monoisotopic (exact) mass is 442 g/mol. The van der Waals surface area contributed by atoms with Crippen molar-refractivity contribution in [3.8, 4) is 28.2 Å². The molecular formula is C19H14F2N7O2S-. The van der Waals surface area contributed by atoms with E-state index in [4.69, 9.17) is 5.73 Å². The molecule has 1 unspecified atom stereocenters. The number of nitrogens with zero attached hydrogens (tertiary/aromatic N) is 5. The van der Waals surface area contributed by atoms with Gasteiger partial charge in [-0.15, -0.1) is 5.10 Å². The lowest BCUT2D eigenvalue weighted by Gasteiger charge is -2.10. The zero-order valence-corrected chi connectivity index (χ0v) is 16.5. The van der Waals surface area contributed by atoms with Gasteiger partial charge in [0.25, 0.3) is 0 Å². The molecule has 2 aromatic carbocycles. The molecule has 0 saturated carbocycles. The maximum absolute atomic E-state index is 14.3. The first-order valence-electron chi connectivity index (χ1n) is 8.85. The highest BCUT2D eigenvalue weighted by atomic mass is 32.2. The molecular weight excluding hydrogens is 428 g/mol. The number of nitrogens with two attached hydrogens (primary N) is 1. The summed E-state index contributed by atoms with van der Waals surface area (Å²) in [5.41, 5.74) is 8.39. The number of pyridine rings is 1. The second-order valence-electron chi connectivity index (χ2n) is 6.40. The third kappa shape index (κ3) is 4.30. The first-order chi connectivity index (χ1) is 14.9. The fraction of sp³-hybridized carbons (Fsp3) is 0.0526. The fourth-order valence-corrected chi connectivity index (χ4v) is 3.23. The first-order valence-corrected chi connectivity index (χ1v) is 9.92. The van der Waals surface area contributed by atoms with Crippen LogP contribution in [0.25, 0.3) is 28.2 Å². The second kappa shape index (κ2) is 8.63. The first kappa shape index (κ1) is 20.7. The van der Waals surface area contributed by atoms with Crippen LogP contribution in [-0.4, -0.2) is 34.0 Å². The van der Waals surface area contributed by atoms with Gasteiger partial charge in [-0.1, -0.05) is 30.3 Å². The molecule has 0 spiro atoms. The summed E-state index contributed by atoms with van der Waals surface area (Å²) in [7, 11) is 0. The summed E-state index contributed by atoms with van der Waals surface area (Å²) in [4.78, 5) is 4.18. The normalized spacial score (nSPS) is 12.1. The number of tetrazole rings is 1. The average molecular weight is 442 g/mol. The highest BCUT2D eigenvalue weighted by molar-refractivity contribution is 7.77. The molecule has 9 nitrogen and oxygen atoms in total. The predicted molar refractivity (Wildman–Crippen MR) is 108 cm³/mol. The molecule has 0 aliphatic rings. The Kier molecular flexibility index (Phi) is 5.75. The lowest BCUT2D eigenvalue weighted by molar-refractivity contribution is 0.501. The lowest BCUT2D eigenvalue weighted by atomic mass is 10.0. The molecule has 2 heterocycles. The van der Waals surface area contributed by atoms with E-state index in [1.165, 1.54) is 12.1 Å². The molecule has 0 aliphatic carbocycles. The van der Waals surface area contributed by atoms with Gasteiger partial charge in [0, 0.05) is 29.6 Å². The highest BCUT2D eigenvalue weighted by Gasteiger charge is 2.19. The Balaban J connectivity index is 1.71. The van der Waals surface area contributed by atoms with Gasteiger partial charge >= 0.3 is 0 Å². The molecule has 12 heteroatoms. The minimum atomic E-state index is -2.35. The Labute approximate surface area is 177 Å². The Bertz CT molecular complexity index is 1260. The number of halogens is 2. The maximum Gasteiger partial charge on any atom is 0.190 e. The number of nitrogen functional groups attached to an aromatic ring is 1. The Morgan fingerprint density at radius 1 is 1.13 bits per heavy atom. The average Bonchev–Trinajstić information content (AvgIpc) is 3.24. The van der Waals surface area contributed by atoms with Crippen molar-refractivity contribution in [2.45, 2.75) is 6.54 Å². The molecule has 158 valence electrons. The van der Waals surface area contributed by atoms with Gasteiger partial charge in [-0.2, -0.15) is 4.68 Å². The van der Waals surface area contributed by atoms with Crippen molar-refractivity contribution in [3.05, 3.63) is 71.9 Å². The minimum absolute atomic E-state index is 0.0927. The summed E-state index contributed by atoms with van der Waals surface area (Å²) in [5.74, 6) is -1.93. The number of benzene rings is 2. The van der Waals surface area contributed by atoms with Crippen LogP contribution >= 0.6 is 0 Å². The van der Waals surface area contributed by atoms with E-state index in [-0.39, 0.29) is 23.9 Å². The molecule has 0 aliphatic heterocycles. The molecule has 4 rings (SSSR count). The third-order valence-electron chi connectivity index (χ3n) is 4.47. The van der Waals surface area contributed by atoms with Crippen LogP contribution in [0.15, 0.2) is 54.7 Å². The summed E-state index contributed by atoms with van der Waals surface area (Å²) < 4.78 is 52.5. The van der Waals surface area contributed by atoms with Gasteiger partial charge in [-0.05, 0) is 39.8 Å². The smallest absolute Gasteiger partial charge is 0.190 e. The van der Waals surface area contributed by atoms with E-state index in [0.29, 0.717) is 11.1 Å². The van der Waals surface area contributed by atoms with Gasteiger partial charge in [0.05, 0.1) is 5.56 Å². The Morgan fingerprint density at radius 3 is 2.65 bits per heavy atom. The van der Waals surface area contributed by atoms with E-state index in [2.05, 4.69) is 25.2 Å². The van der Waals surface area contributed by atoms with Crippen LogP contribution in [0.1, 0.15) is 5.56 Å². The Hall–Kier alpha value is -3.61. The maximum atomic E-state index is 14.3. The van der Waals surface area contributed by atoms with Crippen molar-refractivity contribution < 1.29 is 17.5 Å². The molecule has 3 N–H and O–H groups in total. The largest absolute Gasteiger partial charge is 0.760 e. The number of rotatable bonds is 6. The van der Waals surface area contributed by atoms with Gasteiger partial charge in [0.1, 0.15) is 11.5 Å². The van der Waals surface area contributed by atoms with E-state index in [0.717, 1.165) is 21.9 Å². The third-order valence-corrected chi connectivity index (χ3v) is 4.85. The quantitative estimate of drug-likeness (QED) is 0.437. The number of nitrogens with one attached hydrogen (secondary N) is 1. The van der Waals surface area contributed by atoms with Crippen molar-refractivity contribution in [1.29, 1.82) is 0 Å².